The molecule has 0 radical (unpaired) electrons. The monoisotopic (exact) mass is 385 g/mol. The summed E-state index contributed by atoms with van der Waals surface area (Å²) in [5.74, 6) is 0.295. The molecule has 7 heteroatoms. The van der Waals surface area contributed by atoms with E-state index in [0.717, 1.165) is 30.5 Å². The van der Waals surface area contributed by atoms with Gasteiger partial charge in [0.25, 0.3) is 0 Å². The van der Waals surface area contributed by atoms with Gasteiger partial charge in [-0.25, -0.2) is 13.8 Å². The molecule has 0 bridgehead atoms. The van der Waals surface area contributed by atoms with Crippen LogP contribution in [0.1, 0.15) is 17.4 Å². The van der Waals surface area contributed by atoms with E-state index in [4.69, 9.17) is 9.47 Å². The summed E-state index contributed by atoms with van der Waals surface area (Å²) >= 11 is 0. The van der Waals surface area contributed by atoms with Crippen LogP contribution >= 0.6 is 0 Å². The molecule has 146 valence electrons. The standard InChI is InChI=1S/C21H21F2N3O2/c1-27-16-5-2-14(3-6-16)12-26-8-9-28-13-20(26)21-24-11-19(25-21)17-7-4-15(22)10-18(17)23/h2-7,10-11,20H,8-9,12-13H2,1H3,(H,24,25). The van der Waals surface area contributed by atoms with Gasteiger partial charge in [0.1, 0.15) is 23.2 Å². The lowest BCUT2D eigenvalue weighted by atomic mass is 10.1. The van der Waals surface area contributed by atoms with Crippen LogP contribution in [0.3, 0.4) is 0 Å². The Morgan fingerprint density at radius 2 is 2.04 bits per heavy atom. The first-order chi connectivity index (χ1) is 13.6. The second-order valence-electron chi connectivity index (χ2n) is 6.72. The zero-order chi connectivity index (χ0) is 19.5. The number of halogens is 2. The van der Waals surface area contributed by atoms with Crippen molar-refractivity contribution in [3.05, 3.63) is 71.7 Å². The molecular formula is C21H21F2N3O2. The first-order valence-corrected chi connectivity index (χ1v) is 9.09. The van der Waals surface area contributed by atoms with E-state index in [-0.39, 0.29) is 6.04 Å². The molecular weight excluding hydrogens is 364 g/mol. The summed E-state index contributed by atoms with van der Waals surface area (Å²) in [5.41, 5.74) is 1.96. The third kappa shape index (κ3) is 3.90. The highest BCUT2D eigenvalue weighted by molar-refractivity contribution is 5.59. The van der Waals surface area contributed by atoms with E-state index in [9.17, 15) is 8.78 Å². The van der Waals surface area contributed by atoms with E-state index in [1.807, 2.05) is 24.3 Å². The van der Waals surface area contributed by atoms with Crippen molar-refractivity contribution in [1.29, 1.82) is 0 Å². The van der Waals surface area contributed by atoms with E-state index in [2.05, 4.69) is 14.9 Å². The minimum Gasteiger partial charge on any atom is -0.497 e. The lowest BCUT2D eigenvalue weighted by molar-refractivity contribution is -0.0156. The molecule has 0 saturated carbocycles. The molecule has 3 aromatic rings. The molecule has 0 aliphatic carbocycles. The fraction of sp³-hybridized carbons (Fsp3) is 0.286. The maximum Gasteiger partial charge on any atom is 0.135 e. The number of methoxy groups -OCH3 is 1. The van der Waals surface area contributed by atoms with Crippen LogP contribution in [-0.4, -0.2) is 41.7 Å². The molecule has 5 nitrogen and oxygen atoms in total. The molecule has 1 aromatic heterocycles. The Hall–Kier alpha value is -2.77. The van der Waals surface area contributed by atoms with Crippen molar-refractivity contribution in [2.75, 3.05) is 26.9 Å². The van der Waals surface area contributed by atoms with Crippen LogP contribution in [0.4, 0.5) is 8.78 Å². The number of nitrogens with one attached hydrogen (secondary N) is 1. The molecule has 1 N–H and O–H groups in total. The van der Waals surface area contributed by atoms with Crippen molar-refractivity contribution in [3.63, 3.8) is 0 Å². The molecule has 1 aliphatic heterocycles. The molecule has 1 saturated heterocycles. The predicted molar refractivity (Wildman–Crippen MR) is 101 cm³/mol. The second-order valence-corrected chi connectivity index (χ2v) is 6.72. The number of hydrogen-bond acceptors (Lipinski definition) is 4. The molecule has 28 heavy (non-hydrogen) atoms. The lowest BCUT2D eigenvalue weighted by Crippen LogP contribution is -2.39. The second kappa shape index (κ2) is 8.08. The van der Waals surface area contributed by atoms with Crippen LogP contribution in [0.25, 0.3) is 11.3 Å². The number of imidazole rings is 1. The third-order valence-electron chi connectivity index (χ3n) is 4.92. The van der Waals surface area contributed by atoms with Crippen LogP contribution in [0.5, 0.6) is 5.75 Å². The average molecular weight is 385 g/mol. The number of hydrogen-bond donors (Lipinski definition) is 1. The number of morpholine rings is 1. The van der Waals surface area contributed by atoms with Gasteiger partial charge in [0.2, 0.25) is 0 Å². The first-order valence-electron chi connectivity index (χ1n) is 9.09. The predicted octanol–water partition coefficient (Wildman–Crippen LogP) is 3.94. The average Bonchev–Trinajstić information content (AvgIpc) is 3.18. The van der Waals surface area contributed by atoms with Gasteiger partial charge in [-0.1, -0.05) is 12.1 Å². The van der Waals surface area contributed by atoms with Gasteiger partial charge in [-0.15, -0.1) is 0 Å². The molecule has 0 amide bonds. The fourth-order valence-corrected chi connectivity index (χ4v) is 3.40. The number of H-pyrrole nitrogens is 1. The van der Waals surface area contributed by atoms with Crippen molar-refractivity contribution < 1.29 is 18.3 Å². The molecule has 1 aliphatic rings. The maximum atomic E-state index is 14.1. The summed E-state index contributed by atoms with van der Waals surface area (Å²) in [6.45, 7) is 2.64. The summed E-state index contributed by atoms with van der Waals surface area (Å²) in [4.78, 5) is 9.89. The number of aromatic nitrogens is 2. The maximum absolute atomic E-state index is 14.1. The number of ether oxygens (including phenoxy) is 2. The minimum absolute atomic E-state index is 0.0758. The molecule has 1 atom stereocenters. The molecule has 1 unspecified atom stereocenters. The summed E-state index contributed by atoms with van der Waals surface area (Å²) in [5, 5.41) is 0. The summed E-state index contributed by atoms with van der Waals surface area (Å²) in [6, 6.07) is 11.4. The van der Waals surface area contributed by atoms with Gasteiger partial charge in [0.05, 0.1) is 38.3 Å². The van der Waals surface area contributed by atoms with Gasteiger partial charge < -0.3 is 14.5 Å². The fourth-order valence-electron chi connectivity index (χ4n) is 3.40. The number of nitrogens with zero attached hydrogens (tertiary/aromatic N) is 2. The summed E-state index contributed by atoms with van der Waals surface area (Å²) in [6.07, 6.45) is 1.58. The Labute approximate surface area is 161 Å². The highest BCUT2D eigenvalue weighted by Crippen LogP contribution is 2.28. The zero-order valence-corrected chi connectivity index (χ0v) is 15.5. The zero-order valence-electron chi connectivity index (χ0n) is 15.5. The highest BCUT2D eigenvalue weighted by atomic mass is 19.1. The number of rotatable bonds is 5. The van der Waals surface area contributed by atoms with Crippen molar-refractivity contribution in [2.24, 2.45) is 0 Å². The van der Waals surface area contributed by atoms with Gasteiger partial charge in [0.15, 0.2) is 0 Å². The van der Waals surface area contributed by atoms with Gasteiger partial charge in [-0.3, -0.25) is 4.90 Å². The number of aromatic amines is 1. The first kappa shape index (κ1) is 18.6. The Bertz CT molecular complexity index is 943. The SMILES string of the molecule is COc1ccc(CN2CCOCC2c2ncc(-c3ccc(F)cc3F)[nH]2)cc1. The van der Waals surface area contributed by atoms with Gasteiger partial charge in [-0.05, 0) is 29.8 Å². The molecule has 2 heterocycles. The summed E-state index contributed by atoms with van der Waals surface area (Å²) < 4.78 is 38.1. The highest BCUT2D eigenvalue weighted by Gasteiger charge is 2.27. The van der Waals surface area contributed by atoms with Gasteiger partial charge in [-0.2, -0.15) is 0 Å². The third-order valence-corrected chi connectivity index (χ3v) is 4.92. The van der Waals surface area contributed by atoms with E-state index in [1.54, 1.807) is 13.3 Å². The van der Waals surface area contributed by atoms with Crippen LogP contribution in [0, 0.1) is 11.6 Å². The van der Waals surface area contributed by atoms with Crippen molar-refractivity contribution in [1.82, 2.24) is 14.9 Å². The van der Waals surface area contributed by atoms with Crippen LogP contribution in [-0.2, 0) is 11.3 Å². The molecule has 4 rings (SSSR count). The summed E-state index contributed by atoms with van der Waals surface area (Å²) in [7, 11) is 1.64. The number of benzene rings is 2. The Morgan fingerprint density at radius 1 is 1.21 bits per heavy atom. The van der Waals surface area contributed by atoms with Crippen LogP contribution in [0.15, 0.2) is 48.7 Å². The van der Waals surface area contributed by atoms with Gasteiger partial charge >= 0.3 is 0 Å². The molecule has 0 spiro atoms. The topological polar surface area (TPSA) is 50.4 Å². The molecule has 1 fully saturated rings. The van der Waals surface area contributed by atoms with E-state index >= 15 is 0 Å². The Kier molecular flexibility index (Phi) is 5.36. The van der Waals surface area contributed by atoms with Crippen LogP contribution in [0.2, 0.25) is 0 Å². The minimum atomic E-state index is -0.620. The normalized spacial score (nSPS) is 17.6. The van der Waals surface area contributed by atoms with Crippen molar-refractivity contribution >= 4 is 0 Å². The molecule has 2 aromatic carbocycles. The van der Waals surface area contributed by atoms with Crippen molar-refractivity contribution in [3.8, 4) is 17.0 Å². The van der Waals surface area contributed by atoms with Gasteiger partial charge in [0, 0.05) is 24.7 Å². The van der Waals surface area contributed by atoms with E-state index in [1.165, 1.54) is 12.1 Å². The smallest absolute Gasteiger partial charge is 0.135 e. The van der Waals surface area contributed by atoms with Crippen molar-refractivity contribution in [2.45, 2.75) is 12.6 Å². The van der Waals surface area contributed by atoms with E-state index in [0.29, 0.717) is 30.3 Å². The van der Waals surface area contributed by atoms with Crippen LogP contribution < -0.4 is 4.74 Å². The quantitative estimate of drug-likeness (QED) is 0.723. The Morgan fingerprint density at radius 3 is 2.79 bits per heavy atom. The largest absolute Gasteiger partial charge is 0.497 e. The lowest BCUT2D eigenvalue weighted by Gasteiger charge is -2.34. The Balaban J connectivity index is 1.55. The van der Waals surface area contributed by atoms with E-state index < -0.39 is 11.6 Å².